The van der Waals surface area contributed by atoms with Crippen LogP contribution in [0.4, 0.5) is 5.69 Å². The van der Waals surface area contributed by atoms with Crippen LogP contribution in [0.15, 0.2) is 11.2 Å². The number of pyridine rings is 1. The Labute approximate surface area is 89.2 Å². The number of hydrogen-bond acceptors (Lipinski definition) is 4. The fourth-order valence-electron chi connectivity index (χ4n) is 1.53. The third-order valence-corrected chi connectivity index (χ3v) is 2.15. The lowest BCUT2D eigenvalue weighted by molar-refractivity contribution is 0.318. The van der Waals surface area contributed by atoms with Crippen molar-refractivity contribution >= 4 is 11.5 Å². The lowest BCUT2D eigenvalue weighted by atomic mass is 10.1. The predicted molar refractivity (Wildman–Crippen MR) is 60.5 cm³/mol. The van der Waals surface area contributed by atoms with Crippen molar-refractivity contribution < 1.29 is 5.21 Å². The maximum atomic E-state index is 8.70. The van der Waals surface area contributed by atoms with Gasteiger partial charge in [0.2, 0.25) is 0 Å². The fourth-order valence-corrected chi connectivity index (χ4v) is 1.53. The predicted octanol–water partition coefficient (Wildman–Crippen LogP) is 0.859. The minimum atomic E-state index is 0.0868. The SMILES string of the molecule is Cc1cc(N(C)C)c(/C(N)=N/O)c(C)n1. The third-order valence-electron chi connectivity index (χ3n) is 2.15. The molecule has 15 heavy (non-hydrogen) atoms. The number of nitrogens with zero attached hydrogens (tertiary/aromatic N) is 3. The summed E-state index contributed by atoms with van der Waals surface area (Å²) in [6.07, 6.45) is 0. The molecular formula is C10H16N4O. The average molecular weight is 208 g/mol. The van der Waals surface area contributed by atoms with Crippen molar-refractivity contribution in [3.8, 4) is 0 Å². The molecule has 0 amide bonds. The van der Waals surface area contributed by atoms with Gasteiger partial charge in [0.15, 0.2) is 5.84 Å². The molecule has 0 radical (unpaired) electrons. The van der Waals surface area contributed by atoms with Gasteiger partial charge in [0, 0.05) is 19.8 Å². The van der Waals surface area contributed by atoms with Crippen molar-refractivity contribution in [2.45, 2.75) is 13.8 Å². The minimum Gasteiger partial charge on any atom is -0.409 e. The zero-order valence-corrected chi connectivity index (χ0v) is 9.44. The first kappa shape index (κ1) is 11.3. The van der Waals surface area contributed by atoms with Crippen molar-refractivity contribution in [2.24, 2.45) is 10.9 Å². The van der Waals surface area contributed by atoms with Crippen molar-refractivity contribution in [1.29, 1.82) is 0 Å². The van der Waals surface area contributed by atoms with Crippen LogP contribution in [0.5, 0.6) is 0 Å². The number of aryl methyl sites for hydroxylation is 2. The Balaban J connectivity index is 3.47. The molecule has 0 aromatic carbocycles. The highest BCUT2D eigenvalue weighted by Crippen LogP contribution is 2.21. The second kappa shape index (κ2) is 4.16. The lowest BCUT2D eigenvalue weighted by Crippen LogP contribution is -2.22. The molecule has 1 aromatic rings. The molecule has 1 aromatic heterocycles. The first-order valence-corrected chi connectivity index (χ1v) is 4.60. The van der Waals surface area contributed by atoms with Gasteiger partial charge in [-0.05, 0) is 19.9 Å². The quantitative estimate of drug-likeness (QED) is 0.327. The minimum absolute atomic E-state index is 0.0868. The van der Waals surface area contributed by atoms with Gasteiger partial charge in [0.1, 0.15) is 0 Å². The largest absolute Gasteiger partial charge is 0.409 e. The van der Waals surface area contributed by atoms with E-state index in [4.69, 9.17) is 10.9 Å². The van der Waals surface area contributed by atoms with E-state index in [-0.39, 0.29) is 5.84 Å². The van der Waals surface area contributed by atoms with Gasteiger partial charge in [-0.1, -0.05) is 5.16 Å². The molecule has 1 heterocycles. The Morgan fingerprint density at radius 3 is 2.53 bits per heavy atom. The molecule has 5 heteroatoms. The Morgan fingerprint density at radius 1 is 1.47 bits per heavy atom. The number of rotatable bonds is 2. The van der Waals surface area contributed by atoms with Crippen molar-refractivity contribution in [2.75, 3.05) is 19.0 Å². The van der Waals surface area contributed by atoms with Gasteiger partial charge >= 0.3 is 0 Å². The molecule has 5 nitrogen and oxygen atoms in total. The summed E-state index contributed by atoms with van der Waals surface area (Å²) in [4.78, 5) is 6.20. The van der Waals surface area contributed by atoms with Crippen LogP contribution >= 0.6 is 0 Å². The van der Waals surface area contributed by atoms with E-state index in [0.29, 0.717) is 5.56 Å². The molecule has 3 N–H and O–H groups in total. The second-order valence-corrected chi connectivity index (χ2v) is 3.62. The van der Waals surface area contributed by atoms with Gasteiger partial charge in [0.05, 0.1) is 16.9 Å². The van der Waals surface area contributed by atoms with Crippen LogP contribution in [-0.2, 0) is 0 Å². The molecule has 0 atom stereocenters. The van der Waals surface area contributed by atoms with Gasteiger partial charge in [-0.15, -0.1) is 0 Å². The van der Waals surface area contributed by atoms with Crippen LogP contribution in [-0.4, -0.2) is 30.1 Å². The summed E-state index contributed by atoms with van der Waals surface area (Å²) < 4.78 is 0. The van der Waals surface area contributed by atoms with Crippen LogP contribution < -0.4 is 10.6 Å². The van der Waals surface area contributed by atoms with Crippen LogP contribution in [0.25, 0.3) is 0 Å². The van der Waals surface area contributed by atoms with Crippen LogP contribution in [0.1, 0.15) is 17.0 Å². The first-order valence-electron chi connectivity index (χ1n) is 4.60. The van der Waals surface area contributed by atoms with E-state index in [2.05, 4.69) is 10.1 Å². The van der Waals surface area contributed by atoms with Crippen molar-refractivity contribution in [3.05, 3.63) is 23.0 Å². The van der Waals surface area contributed by atoms with E-state index in [9.17, 15) is 0 Å². The van der Waals surface area contributed by atoms with E-state index in [1.165, 1.54) is 0 Å². The van der Waals surface area contributed by atoms with Crippen LogP contribution in [0.2, 0.25) is 0 Å². The van der Waals surface area contributed by atoms with E-state index >= 15 is 0 Å². The Bertz CT molecular complexity index is 399. The van der Waals surface area contributed by atoms with Crippen LogP contribution in [0, 0.1) is 13.8 Å². The third kappa shape index (κ3) is 2.18. The molecule has 0 saturated carbocycles. The molecule has 0 aliphatic carbocycles. The summed E-state index contributed by atoms with van der Waals surface area (Å²) in [5, 5.41) is 11.7. The Morgan fingerprint density at radius 2 is 2.07 bits per heavy atom. The Kier molecular flexibility index (Phi) is 3.14. The molecule has 0 unspecified atom stereocenters. The van der Waals surface area contributed by atoms with E-state index in [1.54, 1.807) is 0 Å². The molecule has 0 spiro atoms. The highest BCUT2D eigenvalue weighted by atomic mass is 16.4. The van der Waals surface area contributed by atoms with Gasteiger partial charge in [-0.2, -0.15) is 0 Å². The molecule has 0 bridgehead atoms. The van der Waals surface area contributed by atoms with E-state index in [1.807, 2.05) is 38.9 Å². The fraction of sp³-hybridized carbons (Fsp3) is 0.400. The molecule has 0 aliphatic heterocycles. The zero-order valence-electron chi connectivity index (χ0n) is 9.44. The number of hydrogen-bond donors (Lipinski definition) is 2. The Hall–Kier alpha value is -1.78. The van der Waals surface area contributed by atoms with Gasteiger partial charge < -0.3 is 15.8 Å². The highest BCUT2D eigenvalue weighted by Gasteiger charge is 2.13. The summed E-state index contributed by atoms with van der Waals surface area (Å²) >= 11 is 0. The van der Waals surface area contributed by atoms with E-state index in [0.717, 1.165) is 17.1 Å². The summed E-state index contributed by atoms with van der Waals surface area (Å²) in [5.41, 5.74) is 8.86. The number of oxime groups is 1. The molecule has 1 rings (SSSR count). The van der Waals surface area contributed by atoms with Gasteiger partial charge in [-0.25, -0.2) is 0 Å². The standard InChI is InChI=1S/C10H16N4O/c1-6-5-8(14(3)4)9(7(2)12-6)10(11)13-15/h5,15H,1-4H3,(H2,11,13). The summed E-state index contributed by atoms with van der Waals surface area (Å²) in [6.45, 7) is 3.75. The molecular weight excluding hydrogens is 192 g/mol. The molecule has 0 fully saturated rings. The molecule has 0 aliphatic rings. The maximum absolute atomic E-state index is 8.70. The lowest BCUT2D eigenvalue weighted by Gasteiger charge is -2.18. The van der Waals surface area contributed by atoms with Crippen molar-refractivity contribution in [1.82, 2.24) is 4.98 Å². The first-order chi connectivity index (χ1) is 6.97. The molecule has 0 saturated heterocycles. The average Bonchev–Trinajstić information content (AvgIpc) is 2.15. The molecule has 82 valence electrons. The summed E-state index contributed by atoms with van der Waals surface area (Å²) in [6, 6.07) is 1.90. The number of nitrogens with two attached hydrogens (primary N) is 1. The topological polar surface area (TPSA) is 74.7 Å². The van der Waals surface area contributed by atoms with Gasteiger partial charge in [0.25, 0.3) is 0 Å². The van der Waals surface area contributed by atoms with Gasteiger partial charge in [-0.3, -0.25) is 4.98 Å². The number of anilines is 1. The van der Waals surface area contributed by atoms with Crippen molar-refractivity contribution in [3.63, 3.8) is 0 Å². The summed E-state index contributed by atoms with van der Waals surface area (Å²) in [7, 11) is 3.81. The van der Waals surface area contributed by atoms with E-state index < -0.39 is 0 Å². The highest BCUT2D eigenvalue weighted by molar-refractivity contribution is 6.03. The smallest absolute Gasteiger partial charge is 0.174 e. The normalized spacial score (nSPS) is 11.6. The summed E-state index contributed by atoms with van der Waals surface area (Å²) in [5.74, 6) is 0.0868. The second-order valence-electron chi connectivity index (χ2n) is 3.62. The zero-order chi connectivity index (χ0) is 11.6. The number of aromatic nitrogens is 1. The number of amidine groups is 1. The van der Waals surface area contributed by atoms with Crippen LogP contribution in [0.3, 0.4) is 0 Å². The monoisotopic (exact) mass is 208 g/mol. The maximum Gasteiger partial charge on any atom is 0.174 e.